The summed E-state index contributed by atoms with van der Waals surface area (Å²) in [6.07, 6.45) is 0. The molecule has 1 fully saturated rings. The Balaban J connectivity index is 1.51. The van der Waals surface area contributed by atoms with Crippen LogP contribution in [0.2, 0.25) is 0 Å². The fraction of sp³-hybridized carbons (Fsp3) is 0.192. The van der Waals surface area contributed by atoms with E-state index in [2.05, 4.69) is 10.6 Å². The van der Waals surface area contributed by atoms with Crippen molar-refractivity contribution in [2.75, 3.05) is 18.4 Å². The van der Waals surface area contributed by atoms with E-state index in [0.29, 0.717) is 42.3 Å². The summed E-state index contributed by atoms with van der Waals surface area (Å²) in [5, 5.41) is 5.68. The first-order valence-corrected chi connectivity index (χ1v) is 10.9. The SMILES string of the molecule is Cc1ccc(NC(=O)c2ccc(Oc3cc(C(N)=O)ccc3CN3CCNC3=O)cc2)c(C)c1. The van der Waals surface area contributed by atoms with Gasteiger partial charge in [-0.3, -0.25) is 9.59 Å². The van der Waals surface area contributed by atoms with Gasteiger partial charge in [0.05, 0.1) is 6.54 Å². The monoisotopic (exact) mass is 458 g/mol. The number of hydrogen-bond donors (Lipinski definition) is 3. The molecule has 1 aliphatic heterocycles. The molecule has 0 saturated carbocycles. The predicted octanol–water partition coefficient (Wildman–Crippen LogP) is 3.97. The van der Waals surface area contributed by atoms with Crippen molar-refractivity contribution in [1.29, 1.82) is 0 Å². The summed E-state index contributed by atoms with van der Waals surface area (Å²) in [6, 6.07) is 17.3. The van der Waals surface area contributed by atoms with Gasteiger partial charge < -0.3 is 26.0 Å². The number of carbonyl (C=O) groups excluding carboxylic acids is 3. The Kier molecular flexibility index (Phi) is 6.49. The van der Waals surface area contributed by atoms with Crippen LogP contribution in [-0.4, -0.2) is 35.8 Å². The van der Waals surface area contributed by atoms with E-state index in [4.69, 9.17) is 10.5 Å². The van der Waals surface area contributed by atoms with Crippen molar-refractivity contribution in [3.63, 3.8) is 0 Å². The van der Waals surface area contributed by atoms with Crippen LogP contribution in [-0.2, 0) is 6.54 Å². The number of benzene rings is 3. The van der Waals surface area contributed by atoms with Gasteiger partial charge in [0.2, 0.25) is 5.91 Å². The van der Waals surface area contributed by atoms with Crippen LogP contribution in [0.1, 0.15) is 37.4 Å². The number of ether oxygens (including phenoxy) is 1. The van der Waals surface area contributed by atoms with Crippen molar-refractivity contribution in [2.24, 2.45) is 5.73 Å². The molecule has 1 heterocycles. The van der Waals surface area contributed by atoms with Gasteiger partial charge in [-0.25, -0.2) is 4.79 Å². The second-order valence-corrected chi connectivity index (χ2v) is 8.24. The molecule has 4 rings (SSSR count). The van der Waals surface area contributed by atoms with E-state index in [9.17, 15) is 14.4 Å². The fourth-order valence-corrected chi connectivity index (χ4v) is 3.75. The Bertz CT molecular complexity index is 1250. The molecular formula is C26H26N4O4. The highest BCUT2D eigenvalue weighted by atomic mass is 16.5. The first-order valence-electron chi connectivity index (χ1n) is 10.9. The van der Waals surface area contributed by atoms with Crippen molar-refractivity contribution in [3.8, 4) is 11.5 Å². The molecule has 0 aromatic heterocycles. The third-order valence-corrected chi connectivity index (χ3v) is 5.63. The van der Waals surface area contributed by atoms with E-state index in [0.717, 1.165) is 22.4 Å². The molecule has 0 spiro atoms. The highest BCUT2D eigenvalue weighted by molar-refractivity contribution is 6.04. The van der Waals surface area contributed by atoms with Crippen LogP contribution in [0.5, 0.6) is 11.5 Å². The molecule has 0 unspecified atom stereocenters. The van der Waals surface area contributed by atoms with Crippen LogP contribution in [0.4, 0.5) is 10.5 Å². The number of aryl methyl sites for hydroxylation is 2. The maximum absolute atomic E-state index is 12.7. The number of urea groups is 1. The molecule has 3 aromatic rings. The van der Waals surface area contributed by atoms with Crippen LogP contribution < -0.4 is 21.1 Å². The molecule has 34 heavy (non-hydrogen) atoms. The van der Waals surface area contributed by atoms with Gasteiger partial charge in [0.15, 0.2) is 0 Å². The molecule has 8 nitrogen and oxygen atoms in total. The molecule has 3 aromatic carbocycles. The van der Waals surface area contributed by atoms with E-state index >= 15 is 0 Å². The number of carbonyl (C=O) groups is 3. The van der Waals surface area contributed by atoms with Crippen LogP contribution in [0.15, 0.2) is 60.7 Å². The van der Waals surface area contributed by atoms with Crippen LogP contribution >= 0.6 is 0 Å². The smallest absolute Gasteiger partial charge is 0.317 e. The lowest BCUT2D eigenvalue weighted by atomic mass is 10.1. The lowest BCUT2D eigenvalue weighted by Crippen LogP contribution is -2.27. The second-order valence-electron chi connectivity index (χ2n) is 8.24. The van der Waals surface area contributed by atoms with Crippen molar-refractivity contribution < 1.29 is 19.1 Å². The number of rotatable bonds is 7. The van der Waals surface area contributed by atoms with E-state index in [-0.39, 0.29) is 11.9 Å². The van der Waals surface area contributed by atoms with E-state index in [1.54, 1.807) is 47.4 Å². The summed E-state index contributed by atoms with van der Waals surface area (Å²) < 4.78 is 6.03. The Morgan fingerprint density at radius 3 is 2.41 bits per heavy atom. The number of nitrogens with two attached hydrogens (primary N) is 1. The van der Waals surface area contributed by atoms with Crippen LogP contribution in [0.3, 0.4) is 0 Å². The minimum Gasteiger partial charge on any atom is -0.457 e. The van der Waals surface area contributed by atoms with Gasteiger partial charge in [-0.15, -0.1) is 0 Å². The molecule has 0 bridgehead atoms. The zero-order valence-electron chi connectivity index (χ0n) is 19.1. The van der Waals surface area contributed by atoms with Gasteiger partial charge in [0, 0.05) is 35.5 Å². The maximum Gasteiger partial charge on any atom is 0.317 e. The normalized spacial score (nSPS) is 12.9. The first-order chi connectivity index (χ1) is 16.3. The van der Waals surface area contributed by atoms with Gasteiger partial charge >= 0.3 is 6.03 Å². The average molecular weight is 459 g/mol. The van der Waals surface area contributed by atoms with Gasteiger partial charge in [-0.2, -0.15) is 0 Å². The highest BCUT2D eigenvalue weighted by Crippen LogP contribution is 2.29. The second kappa shape index (κ2) is 9.66. The predicted molar refractivity (Wildman–Crippen MR) is 129 cm³/mol. The molecule has 4 N–H and O–H groups in total. The van der Waals surface area contributed by atoms with E-state index < -0.39 is 5.91 Å². The van der Waals surface area contributed by atoms with Crippen molar-refractivity contribution in [3.05, 3.63) is 88.5 Å². The number of anilines is 1. The maximum atomic E-state index is 12.7. The van der Waals surface area contributed by atoms with Gasteiger partial charge in [0.25, 0.3) is 5.91 Å². The Morgan fingerprint density at radius 1 is 1.03 bits per heavy atom. The van der Waals surface area contributed by atoms with E-state index in [1.807, 2.05) is 32.0 Å². The van der Waals surface area contributed by atoms with Crippen molar-refractivity contribution >= 4 is 23.5 Å². The minimum atomic E-state index is -0.575. The lowest BCUT2D eigenvalue weighted by Gasteiger charge is -2.18. The molecule has 0 atom stereocenters. The molecule has 174 valence electrons. The summed E-state index contributed by atoms with van der Waals surface area (Å²) in [5.74, 6) is 0.101. The summed E-state index contributed by atoms with van der Waals surface area (Å²) in [4.78, 5) is 38.0. The molecule has 0 aliphatic carbocycles. The van der Waals surface area contributed by atoms with E-state index in [1.165, 1.54) is 0 Å². The van der Waals surface area contributed by atoms with Gasteiger partial charge in [-0.05, 0) is 61.9 Å². The molecular weight excluding hydrogens is 432 g/mol. The minimum absolute atomic E-state index is 0.149. The van der Waals surface area contributed by atoms with Crippen LogP contribution in [0, 0.1) is 13.8 Å². The lowest BCUT2D eigenvalue weighted by molar-refractivity contribution is 0.0997. The molecule has 0 radical (unpaired) electrons. The van der Waals surface area contributed by atoms with Crippen molar-refractivity contribution in [1.82, 2.24) is 10.2 Å². The molecule has 8 heteroatoms. The Hall–Kier alpha value is -4.33. The molecule has 1 aliphatic rings. The largest absolute Gasteiger partial charge is 0.457 e. The number of hydrogen-bond acceptors (Lipinski definition) is 4. The number of primary amides is 1. The summed E-state index contributed by atoms with van der Waals surface area (Å²) in [5.41, 5.74) is 9.82. The standard InChI is InChI=1S/C26H26N4O4/c1-16-3-10-22(17(2)13-16)29-25(32)18-6-8-21(9-7-18)34-23-14-19(24(27)31)4-5-20(23)15-30-12-11-28-26(30)33/h3-10,13-14H,11-12,15H2,1-2H3,(H2,27,31)(H,28,33)(H,29,32). The highest BCUT2D eigenvalue weighted by Gasteiger charge is 2.21. The van der Waals surface area contributed by atoms with Gasteiger partial charge in [0.1, 0.15) is 11.5 Å². The third-order valence-electron chi connectivity index (χ3n) is 5.63. The third kappa shape index (κ3) is 5.17. The first kappa shape index (κ1) is 22.8. The molecule has 1 saturated heterocycles. The van der Waals surface area contributed by atoms with Gasteiger partial charge in [-0.1, -0.05) is 23.8 Å². The number of nitrogens with one attached hydrogen (secondary N) is 2. The summed E-state index contributed by atoms with van der Waals surface area (Å²) >= 11 is 0. The summed E-state index contributed by atoms with van der Waals surface area (Å²) in [6.45, 7) is 5.45. The fourth-order valence-electron chi connectivity index (χ4n) is 3.75. The average Bonchev–Trinajstić information content (AvgIpc) is 3.21. The quantitative estimate of drug-likeness (QED) is 0.497. The Labute approximate surface area is 197 Å². The summed E-state index contributed by atoms with van der Waals surface area (Å²) in [7, 11) is 0. The topological polar surface area (TPSA) is 114 Å². The van der Waals surface area contributed by atoms with Crippen LogP contribution in [0.25, 0.3) is 0 Å². The van der Waals surface area contributed by atoms with Crippen molar-refractivity contribution in [2.45, 2.75) is 20.4 Å². The number of amides is 4. The zero-order chi connectivity index (χ0) is 24.2. The Morgan fingerprint density at radius 2 is 1.76 bits per heavy atom. The zero-order valence-corrected chi connectivity index (χ0v) is 19.1. The number of nitrogens with zero attached hydrogens (tertiary/aromatic N) is 1. The molecule has 4 amide bonds.